The van der Waals surface area contributed by atoms with Crippen LogP contribution in [0.4, 0.5) is 0 Å². The number of aryl methyl sites for hydroxylation is 2. The van der Waals surface area contributed by atoms with E-state index in [2.05, 4.69) is 19.6 Å². The molecule has 0 radical (unpaired) electrons. The second-order valence-corrected chi connectivity index (χ2v) is 3.98. The van der Waals surface area contributed by atoms with E-state index < -0.39 is 11.9 Å². The van der Waals surface area contributed by atoms with Gasteiger partial charge in [0.25, 0.3) is 0 Å². The minimum absolute atomic E-state index is 0.425. The van der Waals surface area contributed by atoms with Gasteiger partial charge in [-0.1, -0.05) is 9.36 Å². The summed E-state index contributed by atoms with van der Waals surface area (Å²) in [6, 6.07) is 0. The Balaban J connectivity index is 1.54. The highest BCUT2D eigenvalue weighted by Crippen LogP contribution is 2.01. The Kier molecular flexibility index (Phi) is 4.11. The van der Waals surface area contributed by atoms with Crippen LogP contribution in [-0.4, -0.2) is 10.5 Å². The first kappa shape index (κ1) is 12.3. The van der Waals surface area contributed by atoms with E-state index >= 15 is 0 Å². The molecule has 0 amide bonds. The Morgan fingerprint density at radius 3 is 1.61 bits per heavy atom. The van der Waals surface area contributed by atoms with E-state index in [1.165, 1.54) is 21.8 Å². The maximum atomic E-state index is 10.7. The summed E-state index contributed by atoms with van der Waals surface area (Å²) in [5.74, 6) is -0.850. The van der Waals surface area contributed by atoms with Crippen molar-refractivity contribution in [2.75, 3.05) is 0 Å². The zero-order chi connectivity index (χ0) is 12.8. The van der Waals surface area contributed by atoms with Crippen LogP contribution in [0.2, 0.25) is 0 Å². The quantitative estimate of drug-likeness (QED) is 0.446. The minimum atomic E-state index is -0.425. The number of nitrogens with zero attached hydrogens (tertiary/aromatic N) is 4. The molecule has 0 spiro atoms. The summed E-state index contributed by atoms with van der Waals surface area (Å²) in [6.07, 6.45) is 6.54. The third kappa shape index (κ3) is 3.72. The summed E-state index contributed by atoms with van der Waals surface area (Å²) in [5, 5.41) is 28.5. The van der Waals surface area contributed by atoms with E-state index in [1.807, 2.05) is 0 Å². The average molecular weight is 254 g/mol. The number of aromatic nitrogens is 4. The van der Waals surface area contributed by atoms with Crippen LogP contribution in [0.15, 0.2) is 21.4 Å². The lowest BCUT2D eigenvalue weighted by Gasteiger charge is -1.94. The van der Waals surface area contributed by atoms with Gasteiger partial charge < -0.3 is 19.3 Å². The van der Waals surface area contributed by atoms with Gasteiger partial charge in [0.05, 0.1) is 10.5 Å². The predicted molar refractivity (Wildman–Crippen MR) is 50.8 cm³/mol. The summed E-state index contributed by atoms with van der Waals surface area (Å²) in [5.41, 5.74) is 0. The molecule has 2 aromatic rings. The molecular formula is C10H14N4O4. The molecule has 2 rings (SSSR count). The molecule has 0 aliphatic heterocycles. The van der Waals surface area contributed by atoms with Gasteiger partial charge in [0, 0.05) is 12.8 Å². The molecule has 0 atom stereocenters. The summed E-state index contributed by atoms with van der Waals surface area (Å²) in [7, 11) is 0. The van der Waals surface area contributed by atoms with Gasteiger partial charge in [-0.3, -0.25) is 0 Å². The SMILES string of the molecule is [O-]c1c[n+](CCCCCC[n+]2cc([O-])on2)no1. The summed E-state index contributed by atoms with van der Waals surface area (Å²) in [4.78, 5) is 0. The van der Waals surface area contributed by atoms with Crippen LogP contribution in [0, 0.1) is 0 Å². The standard InChI is InChI=1S/C10H14N4O4/c15-9-7-13(11-17-9)5-3-1-2-4-6-14-8-10(16)18-12-14/h7-8H,1-6H2. The lowest BCUT2D eigenvalue weighted by molar-refractivity contribution is -0.763. The first-order valence-electron chi connectivity index (χ1n) is 5.81. The van der Waals surface area contributed by atoms with E-state index in [4.69, 9.17) is 0 Å². The zero-order valence-corrected chi connectivity index (χ0v) is 9.82. The number of hydrogen-bond donors (Lipinski definition) is 0. The molecular weight excluding hydrogens is 240 g/mol. The fourth-order valence-corrected chi connectivity index (χ4v) is 1.63. The molecule has 0 unspecified atom stereocenters. The van der Waals surface area contributed by atoms with Crippen molar-refractivity contribution in [3.63, 3.8) is 0 Å². The second-order valence-electron chi connectivity index (χ2n) is 3.98. The first-order valence-corrected chi connectivity index (χ1v) is 5.81. The number of unbranched alkanes of at least 4 members (excludes halogenated alkanes) is 3. The maximum absolute atomic E-state index is 10.7. The van der Waals surface area contributed by atoms with Crippen LogP contribution < -0.4 is 19.6 Å². The van der Waals surface area contributed by atoms with Gasteiger partial charge in [-0.05, 0) is 12.8 Å². The second kappa shape index (κ2) is 5.99. The molecule has 0 aliphatic rings. The van der Waals surface area contributed by atoms with E-state index in [1.54, 1.807) is 0 Å². The van der Waals surface area contributed by atoms with Gasteiger partial charge in [0.1, 0.15) is 11.9 Å². The molecule has 0 saturated carbocycles. The van der Waals surface area contributed by atoms with Crippen molar-refractivity contribution >= 4 is 0 Å². The molecule has 2 aromatic heterocycles. The molecule has 8 heteroatoms. The van der Waals surface area contributed by atoms with Gasteiger partial charge in [-0.2, -0.15) is 0 Å². The highest BCUT2D eigenvalue weighted by molar-refractivity contribution is 4.80. The first-order chi connectivity index (χ1) is 8.74. The van der Waals surface area contributed by atoms with Crippen LogP contribution in [-0.2, 0) is 13.1 Å². The van der Waals surface area contributed by atoms with Crippen molar-refractivity contribution in [3.05, 3.63) is 12.4 Å². The molecule has 98 valence electrons. The Labute approximate surface area is 103 Å². The van der Waals surface area contributed by atoms with Crippen molar-refractivity contribution in [2.45, 2.75) is 38.8 Å². The molecule has 8 nitrogen and oxygen atoms in total. The van der Waals surface area contributed by atoms with Crippen LogP contribution in [0.3, 0.4) is 0 Å². The van der Waals surface area contributed by atoms with Crippen molar-refractivity contribution in [1.29, 1.82) is 0 Å². The molecule has 18 heavy (non-hydrogen) atoms. The fraction of sp³-hybridized carbons (Fsp3) is 0.600. The predicted octanol–water partition coefficient (Wildman–Crippen LogP) is -1.35. The minimum Gasteiger partial charge on any atom is -0.539 e. The van der Waals surface area contributed by atoms with Crippen LogP contribution >= 0.6 is 0 Å². The van der Waals surface area contributed by atoms with Crippen molar-refractivity contribution in [1.82, 2.24) is 10.5 Å². The van der Waals surface area contributed by atoms with E-state index in [9.17, 15) is 10.2 Å². The summed E-state index contributed by atoms with van der Waals surface area (Å²) in [6.45, 7) is 1.35. The largest absolute Gasteiger partial charge is 0.539 e. The Bertz CT molecular complexity index is 437. The highest BCUT2D eigenvalue weighted by atomic mass is 16.6. The average Bonchev–Trinajstić information content (AvgIpc) is 2.93. The Hall–Kier alpha value is -2.12. The van der Waals surface area contributed by atoms with Gasteiger partial charge in [-0.15, -0.1) is 0 Å². The third-order valence-corrected chi connectivity index (χ3v) is 2.50. The Morgan fingerprint density at radius 2 is 1.28 bits per heavy atom. The lowest BCUT2D eigenvalue weighted by atomic mass is 10.2. The molecule has 2 heterocycles. The fourth-order valence-electron chi connectivity index (χ4n) is 1.63. The zero-order valence-electron chi connectivity index (χ0n) is 9.82. The monoisotopic (exact) mass is 254 g/mol. The van der Waals surface area contributed by atoms with Crippen molar-refractivity contribution in [2.24, 2.45) is 0 Å². The molecule has 0 N–H and O–H groups in total. The third-order valence-electron chi connectivity index (χ3n) is 2.50. The van der Waals surface area contributed by atoms with Crippen molar-refractivity contribution in [3.8, 4) is 11.9 Å². The van der Waals surface area contributed by atoms with Gasteiger partial charge in [-0.25, -0.2) is 0 Å². The van der Waals surface area contributed by atoms with Gasteiger partial charge in [0.2, 0.25) is 12.4 Å². The molecule has 0 aromatic carbocycles. The maximum Gasteiger partial charge on any atom is 0.221 e. The molecule has 0 saturated heterocycles. The normalized spacial score (nSPS) is 10.9. The van der Waals surface area contributed by atoms with E-state index in [0.29, 0.717) is 13.1 Å². The number of hydrogen-bond acceptors (Lipinski definition) is 6. The van der Waals surface area contributed by atoms with Crippen LogP contribution in [0.1, 0.15) is 25.7 Å². The summed E-state index contributed by atoms with van der Waals surface area (Å²) < 4.78 is 11.8. The van der Waals surface area contributed by atoms with Gasteiger partial charge in [0.15, 0.2) is 13.1 Å². The highest BCUT2D eigenvalue weighted by Gasteiger charge is 2.05. The van der Waals surface area contributed by atoms with Gasteiger partial charge >= 0.3 is 0 Å². The van der Waals surface area contributed by atoms with Crippen LogP contribution in [0.5, 0.6) is 11.9 Å². The summed E-state index contributed by atoms with van der Waals surface area (Å²) >= 11 is 0. The smallest absolute Gasteiger partial charge is 0.221 e. The Morgan fingerprint density at radius 1 is 0.833 bits per heavy atom. The lowest BCUT2D eigenvalue weighted by Crippen LogP contribution is -2.35. The topological polar surface area (TPSA) is 106 Å². The molecule has 0 aliphatic carbocycles. The van der Waals surface area contributed by atoms with E-state index in [-0.39, 0.29) is 0 Å². The van der Waals surface area contributed by atoms with E-state index in [0.717, 1.165) is 25.7 Å². The molecule has 0 fully saturated rings. The van der Waals surface area contributed by atoms with Crippen LogP contribution in [0.25, 0.3) is 0 Å². The number of rotatable bonds is 7. The van der Waals surface area contributed by atoms with Crippen molar-refractivity contribution < 1.29 is 28.6 Å². The molecule has 0 bridgehead atoms.